The van der Waals surface area contributed by atoms with Gasteiger partial charge in [-0.2, -0.15) is 4.68 Å². The lowest BCUT2D eigenvalue weighted by Crippen LogP contribution is -2.36. The Labute approximate surface area is 206 Å². The van der Waals surface area contributed by atoms with Crippen LogP contribution >= 0.6 is 7.60 Å². The summed E-state index contributed by atoms with van der Waals surface area (Å²) >= 11 is 0. The number of aliphatic hydroxyl groups excluding tert-OH is 3. The Balaban J connectivity index is 1.67. The highest BCUT2D eigenvalue weighted by molar-refractivity contribution is 7.97. The van der Waals surface area contributed by atoms with Crippen LogP contribution in [0.5, 0.6) is 0 Å². The number of pyridine rings is 1. The van der Waals surface area contributed by atoms with Gasteiger partial charge < -0.3 is 35.2 Å². The molecule has 0 radical (unpaired) electrons. The van der Waals surface area contributed by atoms with E-state index in [1.165, 1.54) is 6.92 Å². The highest BCUT2D eigenvalue weighted by Crippen LogP contribution is 2.38. The number of rotatable bonds is 7. The number of hydrogen-bond acceptors (Lipinski definition) is 11. The number of fused-ring (bicyclic) bond motifs is 1. The minimum Gasteiger partial charge on any atom is -0.387 e. The molecule has 0 amide bonds. The Morgan fingerprint density at radius 1 is 1.28 bits per heavy atom. The minimum atomic E-state index is -4.88. The van der Waals surface area contributed by atoms with Crippen molar-refractivity contribution in [2.75, 3.05) is 16.6 Å². The van der Waals surface area contributed by atoms with E-state index in [4.69, 9.17) is 14.5 Å². The van der Waals surface area contributed by atoms with E-state index in [2.05, 4.69) is 32.5 Å². The van der Waals surface area contributed by atoms with E-state index >= 15 is 0 Å². The molecule has 1 unspecified atom stereocenters. The fraction of sp³-hybridized carbons (Fsp3) is 0.650. The lowest BCUT2D eigenvalue weighted by molar-refractivity contribution is -0.0375. The average Bonchev–Trinajstić information content (AvgIpc) is 3.47. The molecule has 2 aromatic heterocycles. The fourth-order valence-electron chi connectivity index (χ4n) is 4.36. The predicted molar refractivity (Wildman–Crippen MR) is 126 cm³/mol. The maximum atomic E-state index is 12.2. The smallest absolute Gasteiger partial charge is 0.340 e. The van der Waals surface area contributed by atoms with Crippen LogP contribution in [-0.4, -0.2) is 95.2 Å². The van der Waals surface area contributed by atoms with Crippen molar-refractivity contribution in [1.29, 1.82) is 0 Å². The number of aromatic nitrogens is 4. The SMILES string of the molecule is CC(O)C#Cc1cc(NC2CCCC2)c2nnn([C@@H]3O[C@H](CS(=O)(=O)CP(=O)(O)O)[C@@H](O)[C@H]3O)c2n1. The van der Waals surface area contributed by atoms with Crippen molar-refractivity contribution in [2.24, 2.45) is 0 Å². The lowest BCUT2D eigenvalue weighted by atomic mass is 10.1. The number of hydrogen-bond donors (Lipinski definition) is 6. The number of aliphatic hydroxyl groups is 3. The monoisotopic (exact) mass is 545 g/mol. The highest BCUT2D eigenvalue weighted by atomic mass is 32.2. The Hall–Kier alpha value is -2.15. The van der Waals surface area contributed by atoms with E-state index in [1.54, 1.807) is 6.07 Å². The van der Waals surface area contributed by atoms with E-state index < -0.39 is 59.3 Å². The second-order valence-electron chi connectivity index (χ2n) is 9.08. The van der Waals surface area contributed by atoms with Crippen LogP contribution in [0.15, 0.2) is 6.07 Å². The molecule has 5 atom stereocenters. The van der Waals surface area contributed by atoms with Crippen molar-refractivity contribution in [3.05, 3.63) is 11.8 Å². The Kier molecular flexibility index (Phi) is 7.70. The molecule has 1 saturated heterocycles. The molecule has 0 aromatic carbocycles. The van der Waals surface area contributed by atoms with Crippen LogP contribution in [-0.2, 0) is 19.1 Å². The third-order valence-corrected chi connectivity index (χ3v) is 9.67. The first-order valence-corrected chi connectivity index (χ1v) is 14.9. The zero-order valence-corrected chi connectivity index (χ0v) is 21.0. The molecule has 14 nitrogen and oxygen atoms in total. The normalized spacial score (nSPS) is 26.2. The van der Waals surface area contributed by atoms with Gasteiger partial charge in [0.05, 0.1) is 11.4 Å². The van der Waals surface area contributed by atoms with Gasteiger partial charge in [-0.15, -0.1) is 5.10 Å². The number of nitrogens with zero attached hydrogens (tertiary/aromatic N) is 4. The maximum Gasteiger partial charge on any atom is 0.340 e. The first-order valence-electron chi connectivity index (χ1n) is 11.3. The van der Waals surface area contributed by atoms with Gasteiger partial charge in [-0.25, -0.2) is 13.4 Å². The van der Waals surface area contributed by atoms with Crippen LogP contribution in [0.1, 0.15) is 44.5 Å². The molecule has 6 N–H and O–H groups in total. The quantitative estimate of drug-likeness (QED) is 0.183. The van der Waals surface area contributed by atoms with Crippen molar-refractivity contribution >= 4 is 34.3 Å². The number of anilines is 1. The maximum absolute atomic E-state index is 12.2. The Bertz CT molecular complexity index is 1330. The largest absolute Gasteiger partial charge is 0.387 e. The number of sulfone groups is 1. The zero-order valence-electron chi connectivity index (χ0n) is 19.3. The van der Waals surface area contributed by atoms with Gasteiger partial charge in [-0.05, 0) is 31.8 Å². The zero-order chi connectivity index (χ0) is 26.3. The molecule has 1 aliphatic heterocycles. The number of ether oxygens (including phenoxy) is 1. The van der Waals surface area contributed by atoms with Crippen molar-refractivity contribution in [3.63, 3.8) is 0 Å². The lowest BCUT2D eigenvalue weighted by Gasteiger charge is -2.16. The van der Waals surface area contributed by atoms with Crippen LogP contribution in [0.2, 0.25) is 0 Å². The van der Waals surface area contributed by atoms with Gasteiger partial charge in [0.15, 0.2) is 32.7 Å². The van der Waals surface area contributed by atoms with Gasteiger partial charge >= 0.3 is 7.60 Å². The molecule has 16 heteroatoms. The van der Waals surface area contributed by atoms with Crippen molar-refractivity contribution < 1.29 is 42.8 Å². The van der Waals surface area contributed by atoms with Crippen LogP contribution in [0.3, 0.4) is 0 Å². The molecule has 2 aliphatic rings. The summed E-state index contributed by atoms with van der Waals surface area (Å²) in [5.41, 5.74) is -0.0684. The first-order chi connectivity index (χ1) is 16.8. The summed E-state index contributed by atoms with van der Waals surface area (Å²) in [7, 11) is -9.20. The van der Waals surface area contributed by atoms with E-state index in [0.29, 0.717) is 11.2 Å². The third-order valence-electron chi connectivity index (χ3n) is 5.92. The molecule has 198 valence electrons. The van der Waals surface area contributed by atoms with Gasteiger partial charge in [-0.3, -0.25) is 4.57 Å². The summed E-state index contributed by atoms with van der Waals surface area (Å²) in [6, 6.07) is 1.88. The predicted octanol–water partition coefficient (Wildman–Crippen LogP) is -0.918. The highest BCUT2D eigenvalue weighted by Gasteiger charge is 2.47. The van der Waals surface area contributed by atoms with Crippen LogP contribution in [0.4, 0.5) is 5.69 Å². The summed E-state index contributed by atoms with van der Waals surface area (Å²) in [5, 5.41) is 42.2. The molecule has 0 spiro atoms. The molecule has 36 heavy (non-hydrogen) atoms. The molecule has 3 heterocycles. The van der Waals surface area contributed by atoms with Crippen LogP contribution in [0, 0.1) is 11.8 Å². The average molecular weight is 546 g/mol. The summed E-state index contributed by atoms with van der Waals surface area (Å²) < 4.78 is 42.2. The van der Waals surface area contributed by atoms with Gasteiger partial charge in [0, 0.05) is 6.04 Å². The molecule has 1 aliphatic carbocycles. The molecule has 4 rings (SSSR count). The molecule has 2 fully saturated rings. The summed E-state index contributed by atoms with van der Waals surface area (Å²) in [6.07, 6.45) is -2.98. The second-order valence-corrected chi connectivity index (χ2v) is 13.3. The van der Waals surface area contributed by atoms with E-state index in [0.717, 1.165) is 30.4 Å². The third kappa shape index (κ3) is 6.21. The Morgan fingerprint density at radius 3 is 2.61 bits per heavy atom. The van der Waals surface area contributed by atoms with Crippen molar-refractivity contribution in [1.82, 2.24) is 20.0 Å². The summed E-state index contributed by atoms with van der Waals surface area (Å²) in [6.45, 7) is 1.50. The van der Waals surface area contributed by atoms with Gasteiger partial charge in [0.2, 0.25) is 0 Å². The van der Waals surface area contributed by atoms with Gasteiger partial charge in [-0.1, -0.05) is 24.0 Å². The molecular formula is C20H28N5O9PS. The van der Waals surface area contributed by atoms with Crippen molar-refractivity contribution in [2.45, 2.75) is 69.3 Å². The van der Waals surface area contributed by atoms with E-state index in [9.17, 15) is 28.3 Å². The van der Waals surface area contributed by atoms with Gasteiger partial charge in [0.25, 0.3) is 0 Å². The summed E-state index contributed by atoms with van der Waals surface area (Å²) in [5.74, 6) is 4.45. The first kappa shape index (κ1) is 26.9. The summed E-state index contributed by atoms with van der Waals surface area (Å²) in [4.78, 5) is 22.4. The second kappa shape index (κ2) is 10.3. The van der Waals surface area contributed by atoms with Crippen molar-refractivity contribution in [3.8, 4) is 11.8 Å². The molecule has 0 bridgehead atoms. The van der Waals surface area contributed by atoms with Gasteiger partial charge in [0.1, 0.15) is 30.1 Å². The van der Waals surface area contributed by atoms with E-state index in [-0.39, 0.29) is 17.4 Å². The van der Waals surface area contributed by atoms with E-state index in [1.807, 2.05) is 0 Å². The van der Waals surface area contributed by atoms with Crippen LogP contribution < -0.4 is 5.32 Å². The molecular weight excluding hydrogens is 517 g/mol. The topological polar surface area (TPSA) is 217 Å². The minimum absolute atomic E-state index is 0.142. The standard InChI is InChI=1S/C20H28N5O9PS/c1-11(26)6-7-13-8-14(21-12-4-2-3-5-12)16-19(22-13)25(24-23-16)20-18(28)17(27)15(34-20)9-36(32,33)10-35(29,30)31/h8,11-12,15,17-18,20,26-28H,2-5,9-10H2,1H3,(H,21,22)(H2,29,30,31)/t11?,15-,17-,18-,20-/m1/s1. The number of nitrogens with one attached hydrogen (secondary N) is 1. The Morgan fingerprint density at radius 2 is 1.97 bits per heavy atom. The van der Waals surface area contributed by atoms with Crippen LogP contribution in [0.25, 0.3) is 11.2 Å². The molecule has 1 saturated carbocycles. The molecule has 2 aromatic rings. The fourth-order valence-corrected chi connectivity index (χ4v) is 7.61.